The van der Waals surface area contributed by atoms with Crippen LogP contribution in [0.3, 0.4) is 0 Å². The van der Waals surface area contributed by atoms with Gasteiger partial charge in [-0.2, -0.15) is 0 Å². The van der Waals surface area contributed by atoms with Gasteiger partial charge in [-0.3, -0.25) is 9.36 Å². The standard InChI is InChI=1S/C19H17BrClN3O3S/c1-12-3-5-15(8-16(12)21)24-11-22-23-19(24)28-10-18(25)27-9-13-7-14(20)4-6-17(13)26-2/h3-8,11H,9-10H2,1-2H3. The zero-order valence-corrected chi connectivity index (χ0v) is 18.3. The third-order valence-corrected chi connectivity index (χ3v) is 5.72. The molecule has 0 atom stereocenters. The van der Waals surface area contributed by atoms with Gasteiger partial charge in [-0.15, -0.1) is 10.2 Å². The van der Waals surface area contributed by atoms with E-state index in [1.54, 1.807) is 18.0 Å². The number of benzene rings is 2. The molecule has 0 unspecified atom stereocenters. The van der Waals surface area contributed by atoms with Crippen molar-refractivity contribution in [3.05, 3.63) is 63.3 Å². The summed E-state index contributed by atoms with van der Waals surface area (Å²) in [6.45, 7) is 2.06. The summed E-state index contributed by atoms with van der Waals surface area (Å²) in [6, 6.07) is 11.2. The number of ether oxygens (including phenoxy) is 2. The molecular formula is C19H17BrClN3O3S. The van der Waals surface area contributed by atoms with Crippen molar-refractivity contribution in [2.75, 3.05) is 12.9 Å². The normalized spacial score (nSPS) is 10.7. The van der Waals surface area contributed by atoms with Crippen LogP contribution >= 0.6 is 39.3 Å². The molecule has 6 nitrogen and oxygen atoms in total. The Bertz CT molecular complexity index is 996. The minimum absolute atomic E-state index is 0.106. The first-order valence-electron chi connectivity index (χ1n) is 8.25. The zero-order chi connectivity index (χ0) is 20.1. The Morgan fingerprint density at radius 3 is 2.86 bits per heavy atom. The Labute approximate surface area is 180 Å². The molecule has 0 bridgehead atoms. The predicted octanol–water partition coefficient (Wildman–Crippen LogP) is 4.84. The second kappa shape index (κ2) is 9.45. The van der Waals surface area contributed by atoms with Gasteiger partial charge in [0, 0.05) is 15.1 Å². The van der Waals surface area contributed by atoms with Crippen LogP contribution < -0.4 is 4.74 Å². The monoisotopic (exact) mass is 481 g/mol. The summed E-state index contributed by atoms with van der Waals surface area (Å²) in [5, 5.41) is 9.24. The number of esters is 1. The highest BCUT2D eigenvalue weighted by atomic mass is 79.9. The topological polar surface area (TPSA) is 66.2 Å². The van der Waals surface area contributed by atoms with Crippen molar-refractivity contribution in [3.8, 4) is 11.4 Å². The predicted molar refractivity (Wildman–Crippen MR) is 112 cm³/mol. The quantitative estimate of drug-likeness (QED) is 0.355. The van der Waals surface area contributed by atoms with E-state index < -0.39 is 0 Å². The smallest absolute Gasteiger partial charge is 0.316 e. The van der Waals surface area contributed by atoms with Crippen molar-refractivity contribution >= 4 is 45.3 Å². The van der Waals surface area contributed by atoms with Crippen LogP contribution in [-0.4, -0.2) is 33.6 Å². The first-order chi connectivity index (χ1) is 13.5. The number of hydrogen-bond donors (Lipinski definition) is 0. The largest absolute Gasteiger partial charge is 0.496 e. The Kier molecular flexibility index (Phi) is 6.98. The SMILES string of the molecule is COc1ccc(Br)cc1COC(=O)CSc1nncn1-c1ccc(C)c(Cl)c1. The molecule has 1 aromatic heterocycles. The Morgan fingerprint density at radius 1 is 1.29 bits per heavy atom. The molecule has 2 aromatic carbocycles. The number of aryl methyl sites for hydroxylation is 1. The van der Waals surface area contributed by atoms with E-state index in [2.05, 4.69) is 26.1 Å². The highest BCUT2D eigenvalue weighted by molar-refractivity contribution is 9.10. The van der Waals surface area contributed by atoms with Crippen molar-refractivity contribution in [3.63, 3.8) is 0 Å². The lowest BCUT2D eigenvalue weighted by molar-refractivity contribution is -0.141. The third kappa shape index (κ3) is 5.06. The van der Waals surface area contributed by atoms with E-state index in [0.717, 1.165) is 21.3 Å². The highest BCUT2D eigenvalue weighted by Gasteiger charge is 2.13. The molecule has 0 radical (unpaired) electrons. The van der Waals surface area contributed by atoms with E-state index in [1.165, 1.54) is 11.8 Å². The van der Waals surface area contributed by atoms with Gasteiger partial charge in [-0.05, 0) is 42.8 Å². The molecule has 3 rings (SSSR count). The van der Waals surface area contributed by atoms with Crippen molar-refractivity contribution in [2.45, 2.75) is 18.7 Å². The summed E-state index contributed by atoms with van der Waals surface area (Å²) in [5.74, 6) is 0.414. The number of carbonyl (C=O) groups is 1. The maximum absolute atomic E-state index is 12.2. The molecule has 9 heteroatoms. The molecule has 146 valence electrons. The average Bonchev–Trinajstić information content (AvgIpc) is 3.15. The molecule has 0 amide bonds. The molecule has 28 heavy (non-hydrogen) atoms. The maximum Gasteiger partial charge on any atom is 0.316 e. The minimum atomic E-state index is -0.358. The number of aromatic nitrogens is 3. The second-order valence-electron chi connectivity index (χ2n) is 5.82. The van der Waals surface area contributed by atoms with Gasteiger partial charge in [0.2, 0.25) is 0 Å². The van der Waals surface area contributed by atoms with Crippen LogP contribution in [-0.2, 0) is 16.1 Å². The highest BCUT2D eigenvalue weighted by Crippen LogP contribution is 2.25. The summed E-state index contributed by atoms with van der Waals surface area (Å²) in [4.78, 5) is 12.2. The van der Waals surface area contributed by atoms with Crippen LogP contribution in [0.5, 0.6) is 5.75 Å². The van der Waals surface area contributed by atoms with E-state index in [-0.39, 0.29) is 18.3 Å². The number of nitrogens with zero attached hydrogens (tertiary/aromatic N) is 3. The van der Waals surface area contributed by atoms with E-state index in [4.69, 9.17) is 21.1 Å². The van der Waals surface area contributed by atoms with Gasteiger partial charge < -0.3 is 9.47 Å². The molecule has 0 aliphatic heterocycles. The number of thioether (sulfide) groups is 1. The number of halogens is 2. The first-order valence-corrected chi connectivity index (χ1v) is 10.4. The lowest BCUT2D eigenvalue weighted by Gasteiger charge is -2.10. The van der Waals surface area contributed by atoms with Crippen molar-refractivity contribution in [2.24, 2.45) is 0 Å². The fraction of sp³-hybridized carbons (Fsp3) is 0.211. The van der Waals surface area contributed by atoms with Gasteiger partial charge in [0.15, 0.2) is 5.16 Å². The second-order valence-corrected chi connectivity index (χ2v) is 8.09. The van der Waals surface area contributed by atoms with E-state index in [9.17, 15) is 4.79 Å². The van der Waals surface area contributed by atoms with Crippen molar-refractivity contribution < 1.29 is 14.3 Å². The van der Waals surface area contributed by atoms with Gasteiger partial charge >= 0.3 is 5.97 Å². The van der Waals surface area contributed by atoms with E-state index >= 15 is 0 Å². The molecule has 0 aliphatic carbocycles. The minimum Gasteiger partial charge on any atom is -0.496 e. The molecule has 0 N–H and O–H groups in total. The molecule has 0 saturated heterocycles. The molecule has 0 fully saturated rings. The zero-order valence-electron chi connectivity index (χ0n) is 15.2. The molecular weight excluding hydrogens is 466 g/mol. The van der Waals surface area contributed by atoms with Gasteiger partial charge in [0.1, 0.15) is 18.7 Å². The van der Waals surface area contributed by atoms with Crippen LogP contribution in [0.25, 0.3) is 5.69 Å². The summed E-state index contributed by atoms with van der Waals surface area (Å²) in [6.07, 6.45) is 1.58. The molecule has 1 heterocycles. The van der Waals surface area contributed by atoms with Gasteiger partial charge in [-0.1, -0.05) is 45.4 Å². The number of methoxy groups -OCH3 is 1. The number of hydrogen-bond acceptors (Lipinski definition) is 6. The van der Waals surface area contributed by atoms with Crippen LogP contribution in [0, 0.1) is 6.92 Å². The molecule has 0 aliphatic rings. The fourth-order valence-corrected chi connectivity index (χ4v) is 3.72. The van der Waals surface area contributed by atoms with Crippen LogP contribution in [0.4, 0.5) is 0 Å². The molecule has 0 saturated carbocycles. The third-order valence-electron chi connectivity index (χ3n) is 3.90. The van der Waals surface area contributed by atoms with Crippen LogP contribution in [0.1, 0.15) is 11.1 Å². The van der Waals surface area contributed by atoms with Crippen LogP contribution in [0.15, 0.2) is 52.4 Å². The lowest BCUT2D eigenvalue weighted by Crippen LogP contribution is -2.09. The lowest BCUT2D eigenvalue weighted by atomic mass is 10.2. The summed E-state index contributed by atoms with van der Waals surface area (Å²) >= 11 is 10.8. The number of rotatable bonds is 7. The number of carbonyl (C=O) groups excluding carboxylic acids is 1. The first kappa shape index (κ1) is 20.7. The van der Waals surface area contributed by atoms with Gasteiger partial charge in [-0.25, -0.2) is 0 Å². The van der Waals surface area contributed by atoms with Crippen LogP contribution in [0.2, 0.25) is 5.02 Å². The Hall–Kier alpha value is -2.03. The summed E-state index contributed by atoms with van der Waals surface area (Å²) in [5.41, 5.74) is 2.60. The fourth-order valence-electron chi connectivity index (χ4n) is 2.41. The Morgan fingerprint density at radius 2 is 2.11 bits per heavy atom. The van der Waals surface area contributed by atoms with Crippen molar-refractivity contribution in [1.29, 1.82) is 0 Å². The van der Waals surface area contributed by atoms with Gasteiger partial charge in [0.05, 0.1) is 18.6 Å². The van der Waals surface area contributed by atoms with E-state index in [1.807, 2.05) is 43.3 Å². The Balaban J connectivity index is 1.61. The maximum atomic E-state index is 12.2. The average molecular weight is 483 g/mol. The summed E-state index contributed by atoms with van der Waals surface area (Å²) in [7, 11) is 1.58. The summed E-state index contributed by atoms with van der Waals surface area (Å²) < 4.78 is 13.3. The molecule has 3 aromatic rings. The van der Waals surface area contributed by atoms with Crippen molar-refractivity contribution in [1.82, 2.24) is 14.8 Å². The van der Waals surface area contributed by atoms with E-state index in [0.29, 0.717) is 15.9 Å². The molecule has 0 spiro atoms. The van der Waals surface area contributed by atoms with Gasteiger partial charge in [0.25, 0.3) is 0 Å².